The number of rotatable bonds is 9. The molecule has 2 heterocycles. The first-order chi connectivity index (χ1) is 18.1. The van der Waals surface area contributed by atoms with Crippen LogP contribution >= 0.6 is 0 Å². The van der Waals surface area contributed by atoms with E-state index in [4.69, 9.17) is 9.47 Å². The number of tetrazole rings is 1. The van der Waals surface area contributed by atoms with Crippen LogP contribution in [0.15, 0.2) is 48.8 Å². The van der Waals surface area contributed by atoms with Crippen LogP contribution in [0.5, 0.6) is 5.75 Å². The van der Waals surface area contributed by atoms with Crippen molar-refractivity contribution < 1.29 is 36.9 Å². The zero-order valence-corrected chi connectivity index (χ0v) is 19.9. The Labute approximate surface area is 213 Å². The first kappa shape index (κ1) is 24.6. The van der Waals surface area contributed by atoms with E-state index in [2.05, 4.69) is 20.8 Å². The summed E-state index contributed by atoms with van der Waals surface area (Å²) in [4.78, 5) is 11.1. The third kappa shape index (κ3) is 3.62. The first-order valence-electron chi connectivity index (χ1n) is 12.0. The highest BCUT2D eigenvalue weighted by atomic mass is 19.3. The fraction of sp³-hybridized carbons (Fsp3) is 0.440. The number of aliphatic hydroxyl groups is 1. The number of carbonyl (C=O) groups is 1. The molecule has 1 saturated heterocycles. The van der Waals surface area contributed by atoms with E-state index in [1.807, 2.05) is 12.1 Å². The number of alkyl halides is 2. The van der Waals surface area contributed by atoms with E-state index >= 15 is 8.78 Å². The molecule has 0 spiro atoms. The Kier molecular flexibility index (Phi) is 5.42. The van der Waals surface area contributed by atoms with Crippen LogP contribution in [0.1, 0.15) is 30.4 Å². The van der Waals surface area contributed by atoms with E-state index in [9.17, 15) is 18.7 Å². The van der Waals surface area contributed by atoms with Crippen molar-refractivity contribution in [3.05, 3.63) is 71.6 Å². The zero-order valence-electron chi connectivity index (χ0n) is 19.9. The van der Waals surface area contributed by atoms with Gasteiger partial charge in [0, 0.05) is 17.0 Å². The van der Waals surface area contributed by atoms with Crippen molar-refractivity contribution in [3.8, 4) is 5.75 Å². The Balaban J connectivity index is 1.20. The number of cyclic esters (lactones) is 1. The van der Waals surface area contributed by atoms with E-state index in [1.165, 1.54) is 0 Å². The Morgan fingerprint density at radius 3 is 2.50 bits per heavy atom. The Morgan fingerprint density at radius 2 is 1.89 bits per heavy atom. The normalized spacial score (nSPS) is 27.5. The lowest BCUT2D eigenvalue weighted by atomic mass is 9.30. The molecule has 2 bridgehead atoms. The average molecular weight is 533 g/mol. The molecule has 9 nitrogen and oxygen atoms in total. The van der Waals surface area contributed by atoms with Crippen LogP contribution in [0.4, 0.5) is 22.4 Å². The number of aromatic nitrogens is 4. The summed E-state index contributed by atoms with van der Waals surface area (Å²) in [6, 6.07) is 9.21. The molecule has 7 rings (SSSR count). The van der Waals surface area contributed by atoms with Crippen molar-refractivity contribution in [2.75, 3.05) is 13.2 Å². The molecule has 0 unspecified atom stereocenters. The Hall–Kier alpha value is -3.74. The minimum atomic E-state index is -3.79. The van der Waals surface area contributed by atoms with Gasteiger partial charge in [0.15, 0.2) is 11.7 Å². The predicted octanol–water partition coefficient (Wildman–Crippen LogP) is 3.08. The van der Waals surface area contributed by atoms with Gasteiger partial charge < -0.3 is 19.9 Å². The maximum Gasteiger partial charge on any atom is 0.407 e. The average Bonchev–Trinajstić information content (AvgIpc) is 3.48. The van der Waals surface area contributed by atoms with Gasteiger partial charge in [0.25, 0.3) is 5.92 Å². The number of hydrogen-bond acceptors (Lipinski definition) is 7. The van der Waals surface area contributed by atoms with Crippen molar-refractivity contribution >= 4 is 6.09 Å². The van der Waals surface area contributed by atoms with E-state index in [0.29, 0.717) is 18.4 Å². The maximum absolute atomic E-state index is 16.3. The van der Waals surface area contributed by atoms with Crippen molar-refractivity contribution in [1.82, 2.24) is 25.5 Å². The second kappa shape index (κ2) is 8.38. The quantitative estimate of drug-likeness (QED) is 0.407. The molecule has 1 aromatic heterocycles. The SMILES string of the molecule is O=C1NC[C@@H](COc2ccc(C34CC(C(F)(F)[C@](O)(Cn5cnnn5)c5ccc(F)cc5F)(C3)C4)cc2)O1. The summed E-state index contributed by atoms with van der Waals surface area (Å²) >= 11 is 0. The van der Waals surface area contributed by atoms with Gasteiger partial charge in [-0.3, -0.25) is 0 Å². The number of ether oxygens (including phenoxy) is 2. The number of nitrogens with one attached hydrogen (secondary N) is 1. The smallest absolute Gasteiger partial charge is 0.407 e. The molecule has 1 amide bonds. The van der Waals surface area contributed by atoms with Gasteiger partial charge in [0.1, 0.15) is 30.3 Å². The third-order valence-electron chi connectivity index (χ3n) is 8.03. The number of benzene rings is 2. The maximum atomic E-state index is 16.3. The predicted molar refractivity (Wildman–Crippen MR) is 121 cm³/mol. The van der Waals surface area contributed by atoms with Gasteiger partial charge in [-0.05, 0) is 64.9 Å². The molecule has 38 heavy (non-hydrogen) atoms. The van der Waals surface area contributed by atoms with Gasteiger partial charge >= 0.3 is 6.09 Å². The highest BCUT2D eigenvalue weighted by Gasteiger charge is 2.82. The van der Waals surface area contributed by atoms with Crippen LogP contribution in [0.25, 0.3) is 0 Å². The van der Waals surface area contributed by atoms with Gasteiger partial charge in [-0.1, -0.05) is 12.1 Å². The molecule has 2 N–H and O–H groups in total. The van der Waals surface area contributed by atoms with Crippen molar-refractivity contribution in [2.45, 2.75) is 48.8 Å². The molecule has 3 aromatic rings. The topological polar surface area (TPSA) is 111 Å². The van der Waals surface area contributed by atoms with Crippen LogP contribution in [0.3, 0.4) is 0 Å². The Morgan fingerprint density at radius 1 is 1.16 bits per heavy atom. The molecular weight excluding hydrogens is 510 g/mol. The van der Waals surface area contributed by atoms with Crippen molar-refractivity contribution in [3.63, 3.8) is 0 Å². The molecule has 3 aliphatic carbocycles. The summed E-state index contributed by atoms with van der Waals surface area (Å²) in [5, 5.41) is 24.4. The lowest BCUT2D eigenvalue weighted by molar-refractivity contribution is -0.347. The monoisotopic (exact) mass is 533 g/mol. The van der Waals surface area contributed by atoms with Crippen LogP contribution in [0, 0.1) is 17.0 Å². The lowest BCUT2D eigenvalue weighted by Crippen LogP contribution is -2.76. The number of amides is 1. The van der Waals surface area contributed by atoms with Crippen molar-refractivity contribution in [1.29, 1.82) is 0 Å². The fourth-order valence-corrected chi connectivity index (χ4v) is 6.15. The third-order valence-corrected chi connectivity index (χ3v) is 8.03. The first-order valence-corrected chi connectivity index (χ1v) is 12.0. The van der Waals surface area contributed by atoms with E-state index in [1.54, 1.807) is 12.1 Å². The molecule has 3 saturated carbocycles. The Bertz CT molecular complexity index is 1350. The fourth-order valence-electron chi connectivity index (χ4n) is 6.15. The van der Waals surface area contributed by atoms with Gasteiger partial charge in [-0.25, -0.2) is 27.0 Å². The van der Waals surface area contributed by atoms with Crippen LogP contribution in [-0.4, -0.2) is 56.6 Å². The molecule has 4 fully saturated rings. The van der Waals surface area contributed by atoms with Crippen molar-refractivity contribution in [2.24, 2.45) is 5.41 Å². The number of alkyl carbamates (subject to hydrolysis) is 1. The molecule has 200 valence electrons. The summed E-state index contributed by atoms with van der Waals surface area (Å²) in [5.41, 5.74) is -4.96. The second-order valence-corrected chi connectivity index (χ2v) is 10.4. The van der Waals surface area contributed by atoms with Gasteiger partial charge in [0.2, 0.25) is 0 Å². The lowest BCUT2D eigenvalue weighted by Gasteiger charge is -2.74. The molecule has 0 radical (unpaired) electrons. The highest BCUT2D eigenvalue weighted by molar-refractivity contribution is 5.69. The summed E-state index contributed by atoms with van der Waals surface area (Å²) in [6.07, 6.45) is 0.408. The van der Waals surface area contributed by atoms with Crippen LogP contribution in [0.2, 0.25) is 0 Å². The molecule has 4 aliphatic rings. The van der Waals surface area contributed by atoms with E-state index in [-0.39, 0.29) is 32.0 Å². The summed E-state index contributed by atoms with van der Waals surface area (Å²) < 4.78 is 72.4. The molecular formula is C25H23F4N5O4. The minimum Gasteiger partial charge on any atom is -0.490 e. The van der Waals surface area contributed by atoms with Gasteiger partial charge in [-0.15, -0.1) is 5.10 Å². The summed E-state index contributed by atoms with van der Waals surface area (Å²) in [6.45, 7) is -0.279. The second-order valence-electron chi connectivity index (χ2n) is 10.4. The summed E-state index contributed by atoms with van der Waals surface area (Å²) in [5.74, 6) is -5.47. The standard InChI is InChI=1S/C25H23F4N5O4/c26-16-3-6-19(20(27)7-16)24(36,13-34-14-31-32-33-34)25(28,29)23-10-22(11-23,12-23)15-1-4-17(5-2-15)37-9-18-8-30-21(35)38-18/h1-7,14,18,36H,8-13H2,(H,30,35)/t18-,22?,23?,24-/m0/s1. The minimum absolute atomic E-state index is 0.0810. The van der Waals surface area contributed by atoms with Crippen LogP contribution in [-0.2, 0) is 22.3 Å². The zero-order chi connectivity index (χ0) is 26.8. The number of nitrogens with zero attached hydrogens (tertiary/aromatic N) is 4. The largest absolute Gasteiger partial charge is 0.490 e. The molecule has 2 atom stereocenters. The van der Waals surface area contributed by atoms with Crippen LogP contribution < -0.4 is 10.1 Å². The molecule has 13 heteroatoms. The highest BCUT2D eigenvalue weighted by Crippen LogP contribution is 2.80. The van der Waals surface area contributed by atoms with E-state index < -0.39 is 52.2 Å². The summed E-state index contributed by atoms with van der Waals surface area (Å²) in [7, 11) is 0. The van der Waals surface area contributed by atoms with E-state index in [0.717, 1.165) is 28.7 Å². The van der Waals surface area contributed by atoms with Gasteiger partial charge in [-0.2, -0.15) is 0 Å². The number of carbonyl (C=O) groups excluding carboxylic acids is 1. The molecule has 2 aromatic carbocycles. The van der Waals surface area contributed by atoms with Gasteiger partial charge in [0.05, 0.1) is 13.1 Å². The molecule has 1 aliphatic heterocycles. The number of hydrogen-bond donors (Lipinski definition) is 2. The number of halogens is 4.